The van der Waals surface area contributed by atoms with Crippen LogP contribution in [0.4, 0.5) is 5.82 Å². The van der Waals surface area contributed by atoms with E-state index in [-0.39, 0.29) is 17.2 Å². The number of pyridine rings is 1. The number of anilines is 1. The average Bonchev–Trinajstić information content (AvgIpc) is 2.62. The standard InChI is InChI=1S/C16H16N8O/c1-8-11(13(17)14(18)16(22-8)24-25)6-9-2-3-10(15(19)23-9)12-7-20-4-5-21-12/h2-5,7,18,25H,6,17H2,1H3,(H2,19,23)/b18-14?,24-16+. The number of allylic oxidation sites excluding steroid dienone is 1. The number of hydrogen-bond acceptors (Lipinski definition) is 8. The monoisotopic (exact) mass is 336 g/mol. The van der Waals surface area contributed by atoms with Crippen molar-refractivity contribution >= 4 is 23.1 Å². The number of hydrogen-bond donors (Lipinski definition) is 4. The van der Waals surface area contributed by atoms with E-state index in [2.05, 4.69) is 25.1 Å². The molecule has 2 aromatic heterocycles. The maximum atomic E-state index is 8.87. The van der Waals surface area contributed by atoms with Gasteiger partial charge in [-0.3, -0.25) is 15.4 Å². The van der Waals surface area contributed by atoms with E-state index in [4.69, 9.17) is 22.1 Å². The van der Waals surface area contributed by atoms with Gasteiger partial charge in [0.1, 0.15) is 11.5 Å². The van der Waals surface area contributed by atoms with E-state index in [0.29, 0.717) is 40.5 Å². The highest BCUT2D eigenvalue weighted by Crippen LogP contribution is 2.23. The Kier molecular flexibility index (Phi) is 4.21. The van der Waals surface area contributed by atoms with Crippen molar-refractivity contribution in [3.05, 3.63) is 47.7 Å². The highest BCUT2D eigenvalue weighted by molar-refractivity contribution is 6.50. The van der Waals surface area contributed by atoms with Crippen molar-refractivity contribution in [3.63, 3.8) is 0 Å². The van der Waals surface area contributed by atoms with Gasteiger partial charge in [-0.05, 0) is 19.1 Å². The summed E-state index contributed by atoms with van der Waals surface area (Å²) in [6, 6.07) is 3.63. The molecule has 0 spiro atoms. The molecular formula is C16H16N8O. The molecule has 0 saturated carbocycles. The van der Waals surface area contributed by atoms with Crippen LogP contribution >= 0.6 is 0 Å². The number of rotatable bonds is 3. The van der Waals surface area contributed by atoms with Gasteiger partial charge in [-0.1, -0.05) is 5.16 Å². The van der Waals surface area contributed by atoms with Gasteiger partial charge in [0, 0.05) is 41.4 Å². The summed E-state index contributed by atoms with van der Waals surface area (Å²) < 4.78 is 0. The van der Waals surface area contributed by atoms with Gasteiger partial charge in [-0.2, -0.15) is 0 Å². The largest absolute Gasteiger partial charge is 0.409 e. The Morgan fingerprint density at radius 1 is 1.24 bits per heavy atom. The minimum Gasteiger partial charge on any atom is -0.409 e. The van der Waals surface area contributed by atoms with E-state index in [1.54, 1.807) is 25.5 Å². The van der Waals surface area contributed by atoms with Gasteiger partial charge < -0.3 is 16.7 Å². The fourth-order valence-electron chi connectivity index (χ4n) is 2.50. The van der Waals surface area contributed by atoms with Crippen LogP contribution in [0.1, 0.15) is 12.6 Å². The molecule has 6 N–H and O–H groups in total. The van der Waals surface area contributed by atoms with Gasteiger partial charge in [-0.25, -0.2) is 9.98 Å². The third-order valence-electron chi connectivity index (χ3n) is 3.80. The molecule has 9 heteroatoms. The first-order valence-corrected chi connectivity index (χ1v) is 7.38. The fraction of sp³-hybridized carbons (Fsp3) is 0.125. The van der Waals surface area contributed by atoms with Crippen molar-refractivity contribution in [1.29, 1.82) is 5.41 Å². The Morgan fingerprint density at radius 3 is 2.68 bits per heavy atom. The van der Waals surface area contributed by atoms with Crippen LogP contribution in [0.3, 0.4) is 0 Å². The third kappa shape index (κ3) is 3.07. The van der Waals surface area contributed by atoms with Crippen molar-refractivity contribution in [2.24, 2.45) is 15.9 Å². The van der Waals surface area contributed by atoms with Gasteiger partial charge in [0.05, 0.1) is 17.6 Å². The topological polar surface area (TPSA) is 160 Å². The summed E-state index contributed by atoms with van der Waals surface area (Å²) in [5, 5.41) is 19.7. The molecule has 0 bridgehead atoms. The zero-order chi connectivity index (χ0) is 18.0. The SMILES string of the molecule is CC1=N/C(=N/O)C(=N)C(N)=C1Cc1ccc(-c2cnccn2)c(N)n1. The lowest BCUT2D eigenvalue weighted by Crippen LogP contribution is -2.29. The number of nitrogen functional groups attached to an aromatic ring is 1. The van der Waals surface area contributed by atoms with E-state index in [1.165, 1.54) is 0 Å². The van der Waals surface area contributed by atoms with E-state index in [1.807, 2.05) is 12.1 Å². The summed E-state index contributed by atoms with van der Waals surface area (Å²) in [5.41, 5.74) is 15.3. The predicted octanol–water partition coefficient (Wildman–Crippen LogP) is 1.16. The van der Waals surface area contributed by atoms with Crippen LogP contribution in [-0.2, 0) is 6.42 Å². The van der Waals surface area contributed by atoms with E-state index in [0.717, 1.165) is 0 Å². The Balaban J connectivity index is 1.92. The second kappa shape index (κ2) is 6.48. The highest BCUT2D eigenvalue weighted by Gasteiger charge is 2.23. The van der Waals surface area contributed by atoms with Crippen LogP contribution in [0.15, 0.2) is 52.1 Å². The number of nitrogens with one attached hydrogen (secondary N) is 1. The van der Waals surface area contributed by atoms with Crippen LogP contribution in [0.25, 0.3) is 11.3 Å². The van der Waals surface area contributed by atoms with Gasteiger partial charge in [-0.15, -0.1) is 0 Å². The first-order chi connectivity index (χ1) is 12.0. The Bertz CT molecular complexity index is 930. The van der Waals surface area contributed by atoms with Crippen molar-refractivity contribution in [2.75, 3.05) is 5.73 Å². The van der Waals surface area contributed by atoms with Crippen molar-refractivity contribution in [3.8, 4) is 11.3 Å². The normalized spacial score (nSPS) is 16.3. The molecular weight excluding hydrogens is 320 g/mol. The summed E-state index contributed by atoms with van der Waals surface area (Å²) in [6.45, 7) is 1.73. The number of nitrogens with zero attached hydrogens (tertiary/aromatic N) is 5. The molecule has 0 aromatic carbocycles. The number of oxime groups is 1. The number of amidine groups is 1. The maximum absolute atomic E-state index is 8.87. The molecule has 0 radical (unpaired) electrons. The van der Waals surface area contributed by atoms with Crippen molar-refractivity contribution < 1.29 is 5.21 Å². The number of aromatic nitrogens is 3. The molecule has 3 heterocycles. The molecule has 1 aliphatic heterocycles. The van der Waals surface area contributed by atoms with Crippen LogP contribution in [0.5, 0.6) is 0 Å². The quantitative estimate of drug-likeness (QED) is 0.486. The second-order valence-electron chi connectivity index (χ2n) is 5.39. The number of aliphatic imine (C=N–C) groups is 1. The average molecular weight is 336 g/mol. The molecule has 0 saturated heterocycles. The molecule has 0 fully saturated rings. The fourth-order valence-corrected chi connectivity index (χ4v) is 2.50. The summed E-state index contributed by atoms with van der Waals surface area (Å²) in [6.07, 6.45) is 5.14. The zero-order valence-electron chi connectivity index (χ0n) is 13.4. The molecule has 1 aliphatic rings. The minimum absolute atomic E-state index is 0.107. The number of nitrogens with two attached hydrogens (primary N) is 2. The molecule has 0 aliphatic carbocycles. The van der Waals surface area contributed by atoms with Crippen LogP contribution in [0.2, 0.25) is 0 Å². The molecule has 0 unspecified atom stereocenters. The molecule has 0 amide bonds. The van der Waals surface area contributed by atoms with E-state index < -0.39 is 0 Å². The Labute approximate surface area is 143 Å². The van der Waals surface area contributed by atoms with Gasteiger partial charge >= 0.3 is 0 Å². The van der Waals surface area contributed by atoms with E-state index >= 15 is 0 Å². The lowest BCUT2D eigenvalue weighted by molar-refractivity contribution is 0.319. The van der Waals surface area contributed by atoms with Crippen LogP contribution in [0, 0.1) is 5.41 Å². The molecule has 2 aromatic rings. The van der Waals surface area contributed by atoms with Gasteiger partial charge in [0.2, 0.25) is 5.84 Å². The minimum atomic E-state index is -0.118. The molecule has 0 atom stereocenters. The van der Waals surface area contributed by atoms with Crippen LogP contribution in [-0.4, -0.2) is 37.4 Å². The first kappa shape index (κ1) is 16.2. The summed E-state index contributed by atoms with van der Waals surface area (Å²) in [5.74, 6) is 0.222. The zero-order valence-corrected chi connectivity index (χ0v) is 13.4. The Morgan fingerprint density at radius 2 is 2.04 bits per heavy atom. The number of dihydropyridines is 1. The van der Waals surface area contributed by atoms with E-state index in [9.17, 15) is 0 Å². The van der Waals surface area contributed by atoms with Crippen LogP contribution < -0.4 is 11.5 Å². The summed E-state index contributed by atoms with van der Waals surface area (Å²) >= 11 is 0. The predicted molar refractivity (Wildman–Crippen MR) is 94.7 cm³/mol. The third-order valence-corrected chi connectivity index (χ3v) is 3.80. The van der Waals surface area contributed by atoms with Crippen molar-refractivity contribution in [2.45, 2.75) is 13.3 Å². The molecule has 9 nitrogen and oxygen atoms in total. The van der Waals surface area contributed by atoms with Crippen molar-refractivity contribution in [1.82, 2.24) is 15.0 Å². The molecule has 126 valence electrons. The maximum Gasteiger partial charge on any atom is 0.218 e. The first-order valence-electron chi connectivity index (χ1n) is 7.38. The summed E-state index contributed by atoms with van der Waals surface area (Å²) in [7, 11) is 0. The van der Waals surface area contributed by atoms with Gasteiger partial charge in [0.25, 0.3) is 0 Å². The lowest BCUT2D eigenvalue weighted by atomic mass is 9.97. The smallest absolute Gasteiger partial charge is 0.218 e. The van der Waals surface area contributed by atoms with Gasteiger partial charge in [0.15, 0.2) is 0 Å². The summed E-state index contributed by atoms with van der Waals surface area (Å²) in [4.78, 5) is 16.7. The highest BCUT2D eigenvalue weighted by atomic mass is 16.4. The molecule has 3 rings (SSSR count). The Hall–Kier alpha value is -3.62. The molecule has 25 heavy (non-hydrogen) atoms. The lowest BCUT2D eigenvalue weighted by Gasteiger charge is -2.17. The second-order valence-corrected chi connectivity index (χ2v) is 5.39.